The van der Waals surface area contributed by atoms with E-state index >= 15 is 0 Å². The van der Waals surface area contributed by atoms with Crippen molar-refractivity contribution < 1.29 is 0 Å². The molecule has 0 N–H and O–H groups in total. The molecule has 0 aliphatic heterocycles. The first-order chi connectivity index (χ1) is 6.81. The predicted molar refractivity (Wildman–Crippen MR) is 57.5 cm³/mol. The van der Waals surface area contributed by atoms with Crippen LogP contribution in [-0.4, -0.2) is 24.4 Å². The number of fused-ring (bicyclic) bond motifs is 1. The Morgan fingerprint density at radius 3 is 3.21 bits per heavy atom. The van der Waals surface area contributed by atoms with Gasteiger partial charge in [0.15, 0.2) is 5.65 Å². The monoisotopic (exact) mass is 254 g/mol. The molecule has 0 saturated heterocycles. The van der Waals surface area contributed by atoms with E-state index in [1.807, 2.05) is 10.6 Å². The van der Waals surface area contributed by atoms with E-state index in [2.05, 4.69) is 38.0 Å². The maximum Gasteiger partial charge on any atom is 0.182 e. The fourth-order valence-electron chi connectivity index (χ4n) is 1.31. The van der Waals surface area contributed by atoms with E-state index in [-0.39, 0.29) is 0 Å². The summed E-state index contributed by atoms with van der Waals surface area (Å²) in [6.45, 7) is 2.14. The van der Waals surface area contributed by atoms with Gasteiger partial charge >= 0.3 is 0 Å². The number of aromatic nitrogens is 4. The second-order valence-electron chi connectivity index (χ2n) is 3.15. The summed E-state index contributed by atoms with van der Waals surface area (Å²) >= 11 is 3.59. The van der Waals surface area contributed by atoms with Gasteiger partial charge in [0.25, 0.3) is 0 Å². The normalized spacial score (nSPS) is 13.3. The molecule has 1 atom stereocenters. The van der Waals surface area contributed by atoms with Crippen LogP contribution < -0.4 is 0 Å². The van der Waals surface area contributed by atoms with Crippen LogP contribution in [0.2, 0.25) is 0 Å². The van der Waals surface area contributed by atoms with Gasteiger partial charge in [0, 0.05) is 23.6 Å². The molecule has 0 bridgehead atoms. The minimum atomic E-state index is 0.456. The van der Waals surface area contributed by atoms with Gasteiger partial charge in [0.2, 0.25) is 0 Å². The van der Waals surface area contributed by atoms with Crippen LogP contribution in [0.1, 0.15) is 19.0 Å². The minimum absolute atomic E-state index is 0.456. The summed E-state index contributed by atoms with van der Waals surface area (Å²) < 4.78 is 1.89. The van der Waals surface area contributed by atoms with Gasteiger partial charge in [-0.2, -0.15) is 0 Å². The Morgan fingerprint density at radius 1 is 1.57 bits per heavy atom. The highest BCUT2D eigenvalue weighted by Gasteiger charge is 2.09. The van der Waals surface area contributed by atoms with Crippen molar-refractivity contribution in [1.29, 1.82) is 0 Å². The molecular formula is C9H11BrN4. The first kappa shape index (κ1) is 9.58. The Hall–Kier alpha value is -0.970. The summed E-state index contributed by atoms with van der Waals surface area (Å²) in [4.78, 5) is 4.77. The van der Waals surface area contributed by atoms with Crippen LogP contribution in [0, 0.1) is 0 Å². The Kier molecular flexibility index (Phi) is 2.77. The Bertz CT molecular complexity index is 425. The van der Waals surface area contributed by atoms with Crippen molar-refractivity contribution in [1.82, 2.24) is 19.6 Å². The highest BCUT2D eigenvalue weighted by Crippen LogP contribution is 2.13. The van der Waals surface area contributed by atoms with Crippen molar-refractivity contribution in [2.45, 2.75) is 24.6 Å². The number of nitrogens with zero attached hydrogens (tertiary/aromatic N) is 4. The van der Waals surface area contributed by atoms with E-state index in [1.165, 1.54) is 0 Å². The molecule has 0 aliphatic carbocycles. The molecule has 0 radical (unpaired) electrons. The fraction of sp³-hybridized carbons (Fsp3) is 0.444. The van der Waals surface area contributed by atoms with Crippen molar-refractivity contribution in [3.05, 3.63) is 24.4 Å². The maximum atomic E-state index is 4.31. The standard InChI is InChI=1S/C9H11BrN4/c1-2-7(10)5-8-9-13-12-6-14(9)4-3-11-8/h3-4,6-7H,2,5H2,1H3. The van der Waals surface area contributed by atoms with E-state index in [1.54, 1.807) is 12.5 Å². The molecule has 2 aromatic rings. The van der Waals surface area contributed by atoms with Crippen LogP contribution in [-0.2, 0) is 6.42 Å². The van der Waals surface area contributed by atoms with Crippen LogP contribution >= 0.6 is 15.9 Å². The smallest absolute Gasteiger partial charge is 0.182 e. The lowest BCUT2D eigenvalue weighted by Crippen LogP contribution is -2.04. The third-order valence-corrected chi connectivity index (χ3v) is 3.12. The largest absolute Gasteiger partial charge is 0.286 e. The number of rotatable bonds is 3. The third-order valence-electron chi connectivity index (χ3n) is 2.15. The zero-order valence-electron chi connectivity index (χ0n) is 7.89. The fourth-order valence-corrected chi connectivity index (χ4v) is 1.62. The molecule has 5 heteroatoms. The van der Waals surface area contributed by atoms with Crippen molar-refractivity contribution in [3.63, 3.8) is 0 Å². The van der Waals surface area contributed by atoms with Crippen LogP contribution in [0.25, 0.3) is 5.65 Å². The average molecular weight is 255 g/mol. The molecule has 0 fully saturated rings. The lowest BCUT2D eigenvalue weighted by atomic mass is 10.2. The molecule has 2 heterocycles. The first-order valence-corrected chi connectivity index (χ1v) is 5.50. The van der Waals surface area contributed by atoms with E-state index in [4.69, 9.17) is 0 Å². The number of hydrogen-bond acceptors (Lipinski definition) is 3. The van der Waals surface area contributed by atoms with Crippen molar-refractivity contribution in [2.24, 2.45) is 0 Å². The van der Waals surface area contributed by atoms with E-state index < -0.39 is 0 Å². The molecule has 0 amide bonds. The Balaban J connectivity index is 2.36. The lowest BCUT2D eigenvalue weighted by Gasteiger charge is -2.05. The van der Waals surface area contributed by atoms with Gasteiger partial charge in [0.05, 0.1) is 5.69 Å². The number of hydrogen-bond donors (Lipinski definition) is 0. The Labute approximate surface area is 90.5 Å². The third kappa shape index (κ3) is 1.77. The molecule has 0 spiro atoms. The predicted octanol–water partition coefficient (Wildman–Crippen LogP) is 1.84. The highest BCUT2D eigenvalue weighted by molar-refractivity contribution is 9.09. The molecule has 0 saturated carbocycles. The van der Waals surface area contributed by atoms with Crippen LogP contribution in [0.3, 0.4) is 0 Å². The molecule has 14 heavy (non-hydrogen) atoms. The average Bonchev–Trinajstić information content (AvgIpc) is 2.66. The van der Waals surface area contributed by atoms with Crippen molar-refractivity contribution in [3.8, 4) is 0 Å². The molecule has 4 nitrogen and oxygen atoms in total. The lowest BCUT2D eigenvalue weighted by molar-refractivity contribution is 0.806. The van der Waals surface area contributed by atoms with Crippen molar-refractivity contribution in [2.75, 3.05) is 0 Å². The van der Waals surface area contributed by atoms with E-state index in [0.29, 0.717) is 4.83 Å². The topological polar surface area (TPSA) is 43.1 Å². The van der Waals surface area contributed by atoms with Crippen LogP contribution in [0.5, 0.6) is 0 Å². The summed E-state index contributed by atoms with van der Waals surface area (Å²) in [5.41, 5.74) is 1.85. The second-order valence-corrected chi connectivity index (χ2v) is 4.44. The van der Waals surface area contributed by atoms with Gasteiger partial charge in [-0.25, -0.2) is 0 Å². The van der Waals surface area contributed by atoms with Crippen LogP contribution in [0.4, 0.5) is 0 Å². The summed E-state index contributed by atoms with van der Waals surface area (Å²) in [5.74, 6) is 0. The maximum absolute atomic E-state index is 4.31. The summed E-state index contributed by atoms with van der Waals surface area (Å²) in [7, 11) is 0. The molecule has 2 rings (SSSR count). The molecule has 0 aliphatic rings. The van der Waals surface area contributed by atoms with E-state index in [9.17, 15) is 0 Å². The summed E-state index contributed by atoms with van der Waals surface area (Å²) in [5, 5.41) is 7.89. The minimum Gasteiger partial charge on any atom is -0.286 e. The van der Waals surface area contributed by atoms with Crippen LogP contribution in [0.15, 0.2) is 18.7 Å². The van der Waals surface area contributed by atoms with E-state index in [0.717, 1.165) is 24.2 Å². The molecular weight excluding hydrogens is 244 g/mol. The zero-order chi connectivity index (χ0) is 9.97. The molecule has 74 valence electrons. The van der Waals surface area contributed by atoms with Gasteiger partial charge in [-0.1, -0.05) is 22.9 Å². The molecule has 1 unspecified atom stereocenters. The quantitative estimate of drug-likeness (QED) is 0.786. The van der Waals surface area contributed by atoms with Gasteiger partial charge in [-0.3, -0.25) is 9.38 Å². The second kappa shape index (κ2) is 4.04. The molecule has 0 aromatic carbocycles. The van der Waals surface area contributed by atoms with Gasteiger partial charge < -0.3 is 0 Å². The summed E-state index contributed by atoms with van der Waals surface area (Å²) in [6.07, 6.45) is 7.29. The van der Waals surface area contributed by atoms with Crippen molar-refractivity contribution >= 4 is 21.6 Å². The number of alkyl halides is 1. The van der Waals surface area contributed by atoms with Gasteiger partial charge in [-0.05, 0) is 6.42 Å². The Morgan fingerprint density at radius 2 is 2.43 bits per heavy atom. The highest BCUT2D eigenvalue weighted by atomic mass is 79.9. The SMILES string of the molecule is CCC(Br)Cc1nccn2cnnc12. The first-order valence-electron chi connectivity index (χ1n) is 4.58. The number of halogens is 1. The van der Waals surface area contributed by atoms with Gasteiger partial charge in [-0.15, -0.1) is 10.2 Å². The zero-order valence-corrected chi connectivity index (χ0v) is 9.48. The summed E-state index contributed by atoms with van der Waals surface area (Å²) in [6, 6.07) is 0. The van der Waals surface area contributed by atoms with Gasteiger partial charge in [0.1, 0.15) is 6.33 Å². The molecule has 2 aromatic heterocycles.